The predicted octanol–water partition coefficient (Wildman–Crippen LogP) is 2.42. The summed E-state index contributed by atoms with van der Waals surface area (Å²) >= 11 is 0. The third-order valence-electron chi connectivity index (χ3n) is 7.16. The molecule has 8 nitrogen and oxygen atoms in total. The Labute approximate surface area is 200 Å². The van der Waals surface area contributed by atoms with Gasteiger partial charge in [-0.2, -0.15) is 4.31 Å². The van der Waals surface area contributed by atoms with E-state index in [9.17, 15) is 18.0 Å². The number of hydrogen-bond donors (Lipinski definition) is 0. The molecule has 3 aliphatic rings. The van der Waals surface area contributed by atoms with Crippen molar-refractivity contribution in [2.45, 2.75) is 24.7 Å². The van der Waals surface area contributed by atoms with Crippen LogP contribution >= 0.6 is 0 Å². The van der Waals surface area contributed by atoms with Gasteiger partial charge in [0.2, 0.25) is 10.0 Å². The highest BCUT2D eigenvalue weighted by molar-refractivity contribution is 7.89. The fourth-order valence-corrected chi connectivity index (χ4v) is 6.44. The number of anilines is 2. The van der Waals surface area contributed by atoms with Crippen molar-refractivity contribution in [3.8, 4) is 0 Å². The zero-order valence-electron chi connectivity index (χ0n) is 19.4. The predicted molar refractivity (Wildman–Crippen MR) is 131 cm³/mol. The Morgan fingerprint density at radius 1 is 0.882 bits per heavy atom. The Kier molecular flexibility index (Phi) is 6.18. The number of piperazine rings is 1. The highest BCUT2D eigenvalue weighted by atomic mass is 32.2. The molecule has 34 heavy (non-hydrogen) atoms. The van der Waals surface area contributed by atoms with Crippen LogP contribution < -0.4 is 9.80 Å². The van der Waals surface area contributed by atoms with Gasteiger partial charge >= 0.3 is 5.91 Å². The monoisotopic (exact) mass is 482 g/mol. The molecule has 3 heterocycles. The van der Waals surface area contributed by atoms with E-state index in [4.69, 9.17) is 0 Å². The molecule has 0 saturated carbocycles. The molecule has 0 N–H and O–H groups in total. The second-order valence-electron chi connectivity index (χ2n) is 9.41. The number of para-hydroxylation sites is 1. The highest BCUT2D eigenvalue weighted by Gasteiger charge is 2.39. The number of hydrogen-bond acceptors (Lipinski definition) is 6. The van der Waals surface area contributed by atoms with E-state index in [1.165, 1.54) is 27.0 Å². The first-order valence-corrected chi connectivity index (χ1v) is 13.3. The summed E-state index contributed by atoms with van der Waals surface area (Å²) in [5.74, 6) is -0.724. The molecule has 5 rings (SSSR count). The minimum atomic E-state index is -3.69. The van der Waals surface area contributed by atoms with E-state index in [0.717, 1.165) is 39.0 Å². The Balaban J connectivity index is 1.30. The van der Waals surface area contributed by atoms with Crippen LogP contribution in [0.3, 0.4) is 0 Å². The van der Waals surface area contributed by atoms with E-state index < -0.39 is 21.7 Å². The SMILES string of the molecule is CC1CCN(S(=O)(=O)c2ccc3c(c2)C(=O)C(=O)N3CN2CCN(c3ccccc3)CC2)CC1. The number of Topliss-reactive ketones (excluding diaryl/α,β-unsaturated/α-hetero) is 1. The van der Waals surface area contributed by atoms with Crippen molar-refractivity contribution >= 4 is 33.1 Å². The summed E-state index contributed by atoms with van der Waals surface area (Å²) in [5.41, 5.74) is 1.85. The van der Waals surface area contributed by atoms with E-state index in [2.05, 4.69) is 28.9 Å². The number of piperidine rings is 1. The summed E-state index contributed by atoms with van der Waals surface area (Å²) in [5, 5.41) is 0. The van der Waals surface area contributed by atoms with Crippen LogP contribution in [0.25, 0.3) is 0 Å². The third-order valence-corrected chi connectivity index (χ3v) is 9.05. The number of benzene rings is 2. The molecule has 3 aliphatic heterocycles. The largest absolute Gasteiger partial charge is 0.369 e. The lowest BCUT2D eigenvalue weighted by Crippen LogP contribution is -2.51. The number of sulfonamides is 1. The number of carbonyl (C=O) groups excluding carboxylic acids is 2. The van der Waals surface area contributed by atoms with Crippen molar-refractivity contribution in [1.82, 2.24) is 9.21 Å². The quantitative estimate of drug-likeness (QED) is 0.609. The average Bonchev–Trinajstić information content (AvgIpc) is 3.09. The minimum absolute atomic E-state index is 0.0836. The number of rotatable bonds is 5. The second kappa shape index (κ2) is 9.13. The van der Waals surface area contributed by atoms with E-state index in [-0.39, 0.29) is 10.5 Å². The van der Waals surface area contributed by atoms with Gasteiger partial charge in [-0.05, 0) is 49.1 Å². The van der Waals surface area contributed by atoms with Crippen LogP contribution in [0.5, 0.6) is 0 Å². The second-order valence-corrected chi connectivity index (χ2v) is 11.3. The molecule has 2 saturated heterocycles. The fraction of sp³-hybridized carbons (Fsp3) is 0.440. The van der Waals surface area contributed by atoms with E-state index in [1.54, 1.807) is 6.07 Å². The van der Waals surface area contributed by atoms with Crippen molar-refractivity contribution < 1.29 is 18.0 Å². The van der Waals surface area contributed by atoms with Crippen LogP contribution in [-0.4, -0.2) is 75.3 Å². The molecule has 2 aromatic carbocycles. The number of nitrogens with zero attached hydrogens (tertiary/aromatic N) is 4. The molecular formula is C25H30N4O4S. The summed E-state index contributed by atoms with van der Waals surface area (Å²) in [6, 6.07) is 14.7. The number of ketones is 1. The van der Waals surface area contributed by atoms with Crippen molar-refractivity contribution in [2.75, 3.05) is 55.7 Å². The van der Waals surface area contributed by atoms with Crippen LogP contribution in [-0.2, 0) is 14.8 Å². The molecule has 0 aromatic heterocycles. The molecule has 0 radical (unpaired) electrons. The van der Waals surface area contributed by atoms with Gasteiger partial charge in [0.15, 0.2) is 0 Å². The highest BCUT2D eigenvalue weighted by Crippen LogP contribution is 2.33. The van der Waals surface area contributed by atoms with Crippen molar-refractivity contribution in [3.05, 3.63) is 54.1 Å². The molecule has 0 atom stereocenters. The van der Waals surface area contributed by atoms with E-state index in [0.29, 0.717) is 31.4 Å². The number of amides is 1. The van der Waals surface area contributed by atoms with E-state index >= 15 is 0 Å². The topological polar surface area (TPSA) is 81.2 Å². The first-order chi connectivity index (χ1) is 16.3. The van der Waals surface area contributed by atoms with Crippen molar-refractivity contribution in [3.63, 3.8) is 0 Å². The van der Waals surface area contributed by atoms with Crippen LogP contribution in [0.2, 0.25) is 0 Å². The molecule has 9 heteroatoms. The molecule has 1 amide bonds. The lowest BCUT2D eigenvalue weighted by Gasteiger charge is -2.37. The third kappa shape index (κ3) is 4.23. The van der Waals surface area contributed by atoms with Crippen molar-refractivity contribution in [2.24, 2.45) is 5.92 Å². The summed E-state index contributed by atoms with van der Waals surface area (Å²) in [4.78, 5) is 31.6. The molecule has 2 fully saturated rings. The zero-order valence-corrected chi connectivity index (χ0v) is 20.2. The Morgan fingerprint density at radius 2 is 1.56 bits per heavy atom. The Hall–Kier alpha value is -2.75. The van der Waals surface area contributed by atoms with Crippen LogP contribution in [0.15, 0.2) is 53.4 Å². The Morgan fingerprint density at radius 3 is 2.24 bits per heavy atom. The van der Waals surface area contributed by atoms with Crippen molar-refractivity contribution in [1.29, 1.82) is 0 Å². The lowest BCUT2D eigenvalue weighted by molar-refractivity contribution is -0.114. The van der Waals surface area contributed by atoms with Crippen LogP contribution in [0.1, 0.15) is 30.1 Å². The van der Waals surface area contributed by atoms with Gasteiger partial charge in [0.05, 0.1) is 22.8 Å². The maximum Gasteiger partial charge on any atom is 0.300 e. The first-order valence-electron chi connectivity index (χ1n) is 11.9. The van der Waals surface area contributed by atoms with E-state index in [1.807, 2.05) is 18.2 Å². The molecule has 0 bridgehead atoms. The molecule has 180 valence electrons. The maximum absolute atomic E-state index is 13.1. The minimum Gasteiger partial charge on any atom is -0.369 e. The van der Waals surface area contributed by atoms with Gasteiger partial charge in [-0.3, -0.25) is 19.4 Å². The average molecular weight is 483 g/mol. The zero-order chi connectivity index (χ0) is 23.9. The fourth-order valence-electron chi connectivity index (χ4n) is 4.94. The number of fused-ring (bicyclic) bond motifs is 1. The molecule has 2 aromatic rings. The molecular weight excluding hydrogens is 452 g/mol. The van der Waals surface area contributed by atoms with Gasteiger partial charge in [-0.25, -0.2) is 8.42 Å². The lowest BCUT2D eigenvalue weighted by atomic mass is 10.0. The Bertz CT molecular complexity index is 1180. The van der Waals surface area contributed by atoms with Crippen LogP contribution in [0.4, 0.5) is 11.4 Å². The van der Waals surface area contributed by atoms with Gasteiger partial charge in [0, 0.05) is 45.0 Å². The van der Waals surface area contributed by atoms with Gasteiger partial charge in [-0.1, -0.05) is 25.1 Å². The van der Waals surface area contributed by atoms with Crippen LogP contribution in [0, 0.1) is 5.92 Å². The molecule has 0 spiro atoms. The number of carbonyl (C=O) groups is 2. The van der Waals surface area contributed by atoms with Gasteiger partial charge < -0.3 is 4.90 Å². The summed E-state index contributed by atoms with van der Waals surface area (Å²) < 4.78 is 27.7. The first kappa shape index (κ1) is 23.0. The smallest absolute Gasteiger partial charge is 0.300 e. The summed E-state index contributed by atoms with van der Waals surface area (Å²) in [6.07, 6.45) is 1.65. The molecule has 0 aliphatic carbocycles. The van der Waals surface area contributed by atoms with Gasteiger partial charge in [0.1, 0.15) is 0 Å². The van der Waals surface area contributed by atoms with Gasteiger partial charge in [-0.15, -0.1) is 0 Å². The summed E-state index contributed by atoms with van der Waals surface area (Å²) in [6.45, 7) is 6.60. The summed E-state index contributed by atoms with van der Waals surface area (Å²) in [7, 11) is -3.69. The standard InChI is InChI=1S/C25H30N4O4S/c1-19-9-11-28(12-10-19)34(32,33)21-7-8-23-22(17-21)24(30)25(31)29(23)18-26-13-15-27(16-14-26)20-5-3-2-4-6-20/h2-8,17,19H,9-16,18H2,1H3. The normalized spacial score (nSPS) is 20.7. The van der Waals surface area contributed by atoms with Gasteiger partial charge in [0.25, 0.3) is 5.78 Å². The molecule has 0 unspecified atom stereocenters. The maximum atomic E-state index is 13.1.